The number of hydrogen-bond donors (Lipinski definition) is 1. The second-order valence-corrected chi connectivity index (χ2v) is 2.85. The lowest BCUT2D eigenvalue weighted by Gasteiger charge is -1.91. The zero-order valence-electron chi connectivity index (χ0n) is 6.58. The van der Waals surface area contributed by atoms with Crippen molar-refractivity contribution >= 4 is 5.78 Å². The van der Waals surface area contributed by atoms with Gasteiger partial charge in [0.1, 0.15) is 0 Å². The van der Waals surface area contributed by atoms with Gasteiger partial charge in [-0.15, -0.1) is 0 Å². The van der Waals surface area contributed by atoms with Crippen LogP contribution < -0.4 is 5.73 Å². The zero-order valence-corrected chi connectivity index (χ0v) is 6.58. The van der Waals surface area contributed by atoms with Crippen LogP contribution in [0.1, 0.15) is 15.9 Å². The summed E-state index contributed by atoms with van der Waals surface area (Å²) in [6.07, 6.45) is 2.09. The molecule has 0 aromatic heterocycles. The number of fused-ring (bicyclic) bond motifs is 1. The summed E-state index contributed by atoms with van der Waals surface area (Å²) < 4.78 is 0. The Morgan fingerprint density at radius 3 is 2.75 bits per heavy atom. The fraction of sp³-hybridized carbons (Fsp3) is 0.100. The van der Waals surface area contributed by atoms with E-state index in [2.05, 4.69) is 0 Å². The molecule has 1 aromatic rings. The van der Waals surface area contributed by atoms with E-state index < -0.39 is 0 Å². The molecule has 12 heavy (non-hydrogen) atoms. The van der Waals surface area contributed by atoms with Gasteiger partial charge in [-0.05, 0) is 5.56 Å². The Labute approximate surface area is 70.7 Å². The summed E-state index contributed by atoms with van der Waals surface area (Å²) >= 11 is 0. The van der Waals surface area contributed by atoms with Crippen molar-refractivity contribution in [2.75, 3.05) is 0 Å². The molecule has 0 bridgehead atoms. The molecule has 0 saturated heterocycles. The van der Waals surface area contributed by atoms with E-state index in [1.54, 1.807) is 0 Å². The maximum absolute atomic E-state index is 11.5. The number of carbonyl (C=O) groups is 1. The second-order valence-electron chi connectivity index (χ2n) is 2.85. The molecule has 1 aliphatic carbocycles. The third-order valence-electron chi connectivity index (χ3n) is 2.14. The van der Waals surface area contributed by atoms with E-state index >= 15 is 0 Å². The van der Waals surface area contributed by atoms with E-state index in [9.17, 15) is 4.79 Å². The maximum Gasteiger partial charge on any atom is 0.191 e. The summed E-state index contributed by atoms with van der Waals surface area (Å²) in [5, 5.41) is 0. The third-order valence-corrected chi connectivity index (χ3v) is 2.14. The zero-order chi connectivity index (χ0) is 8.55. The highest BCUT2D eigenvalue weighted by atomic mass is 16.1. The quantitative estimate of drug-likeness (QED) is 0.579. The van der Waals surface area contributed by atoms with Gasteiger partial charge in [-0.1, -0.05) is 24.3 Å². The van der Waals surface area contributed by atoms with Crippen LogP contribution in [-0.4, -0.2) is 5.78 Å². The molecule has 60 valence electrons. The molecule has 2 N–H and O–H groups in total. The monoisotopic (exact) mass is 159 g/mol. The smallest absolute Gasteiger partial charge is 0.191 e. The number of allylic oxidation sites excluding steroid dienone is 1. The minimum absolute atomic E-state index is 0.0769. The van der Waals surface area contributed by atoms with Gasteiger partial charge in [0.05, 0.1) is 0 Å². The summed E-state index contributed by atoms with van der Waals surface area (Å²) in [7, 11) is 0. The SMILES string of the molecule is N/C=C1\Cc2ccccc2C1=O. The minimum Gasteiger partial charge on any atom is -0.404 e. The molecule has 0 spiro atoms. The lowest BCUT2D eigenvalue weighted by molar-refractivity contribution is 0.103. The van der Waals surface area contributed by atoms with E-state index in [-0.39, 0.29) is 5.78 Å². The standard InChI is InChI=1S/C10H9NO/c11-6-8-5-7-3-1-2-4-9(7)10(8)12/h1-4,6H,5,11H2/b8-6+. The molecule has 0 saturated carbocycles. The van der Waals surface area contributed by atoms with E-state index in [4.69, 9.17) is 5.73 Å². The van der Waals surface area contributed by atoms with Gasteiger partial charge in [0.2, 0.25) is 0 Å². The van der Waals surface area contributed by atoms with Crippen LogP contribution in [0.25, 0.3) is 0 Å². The van der Waals surface area contributed by atoms with Crippen LogP contribution in [0.2, 0.25) is 0 Å². The summed E-state index contributed by atoms with van der Waals surface area (Å²) in [6, 6.07) is 7.61. The van der Waals surface area contributed by atoms with Crippen molar-refractivity contribution in [1.29, 1.82) is 0 Å². The van der Waals surface area contributed by atoms with Crippen molar-refractivity contribution in [3.05, 3.63) is 47.2 Å². The highest BCUT2D eigenvalue weighted by molar-refractivity contribution is 6.12. The normalized spacial score (nSPS) is 18.3. The van der Waals surface area contributed by atoms with Crippen LogP contribution in [0, 0.1) is 0 Å². The van der Waals surface area contributed by atoms with Crippen LogP contribution >= 0.6 is 0 Å². The van der Waals surface area contributed by atoms with Gasteiger partial charge in [0, 0.05) is 23.8 Å². The summed E-state index contributed by atoms with van der Waals surface area (Å²) in [5.74, 6) is 0.0769. The molecule has 0 atom stereocenters. The molecule has 2 nitrogen and oxygen atoms in total. The highest BCUT2D eigenvalue weighted by Crippen LogP contribution is 2.24. The largest absolute Gasteiger partial charge is 0.404 e. The average molecular weight is 159 g/mol. The van der Waals surface area contributed by atoms with Gasteiger partial charge in [-0.3, -0.25) is 4.79 Å². The second kappa shape index (κ2) is 2.48. The molecule has 2 rings (SSSR count). The number of carbonyl (C=O) groups excluding carboxylic acids is 1. The highest BCUT2D eigenvalue weighted by Gasteiger charge is 2.23. The minimum atomic E-state index is 0.0769. The number of hydrogen-bond acceptors (Lipinski definition) is 2. The molecular weight excluding hydrogens is 150 g/mol. The Balaban J connectivity index is 2.56. The van der Waals surface area contributed by atoms with Gasteiger partial charge in [-0.25, -0.2) is 0 Å². The van der Waals surface area contributed by atoms with Crippen molar-refractivity contribution in [2.24, 2.45) is 5.73 Å². The first-order valence-corrected chi connectivity index (χ1v) is 3.86. The van der Waals surface area contributed by atoms with Crippen LogP contribution in [0.3, 0.4) is 0 Å². The van der Waals surface area contributed by atoms with Gasteiger partial charge < -0.3 is 5.73 Å². The van der Waals surface area contributed by atoms with Gasteiger partial charge >= 0.3 is 0 Å². The van der Waals surface area contributed by atoms with Gasteiger partial charge in [0.15, 0.2) is 5.78 Å². The Kier molecular flexibility index (Phi) is 1.47. The number of ketones is 1. The van der Waals surface area contributed by atoms with Crippen LogP contribution in [0.15, 0.2) is 36.0 Å². The van der Waals surface area contributed by atoms with Crippen molar-refractivity contribution in [3.8, 4) is 0 Å². The van der Waals surface area contributed by atoms with Gasteiger partial charge in [0.25, 0.3) is 0 Å². The molecule has 1 aromatic carbocycles. The van der Waals surface area contributed by atoms with E-state index in [0.29, 0.717) is 12.0 Å². The maximum atomic E-state index is 11.5. The molecule has 1 aliphatic rings. The van der Waals surface area contributed by atoms with Gasteiger partial charge in [-0.2, -0.15) is 0 Å². The Hall–Kier alpha value is -1.57. The predicted molar refractivity (Wildman–Crippen MR) is 46.7 cm³/mol. The fourth-order valence-electron chi connectivity index (χ4n) is 1.49. The molecule has 0 amide bonds. The van der Waals surface area contributed by atoms with Crippen LogP contribution in [0.5, 0.6) is 0 Å². The van der Waals surface area contributed by atoms with Crippen LogP contribution in [-0.2, 0) is 6.42 Å². The van der Waals surface area contributed by atoms with E-state index in [1.807, 2.05) is 24.3 Å². The summed E-state index contributed by atoms with van der Waals surface area (Å²) in [6.45, 7) is 0. The Morgan fingerprint density at radius 2 is 2.08 bits per heavy atom. The third kappa shape index (κ3) is 0.848. The number of benzene rings is 1. The topological polar surface area (TPSA) is 43.1 Å². The molecule has 0 fully saturated rings. The summed E-state index contributed by atoms with van der Waals surface area (Å²) in [5.41, 5.74) is 7.91. The molecule has 0 aliphatic heterocycles. The molecule has 2 heteroatoms. The first-order valence-electron chi connectivity index (χ1n) is 3.86. The molecule has 0 heterocycles. The molecule has 0 unspecified atom stereocenters. The van der Waals surface area contributed by atoms with Crippen LogP contribution in [0.4, 0.5) is 0 Å². The molecule has 0 radical (unpaired) electrons. The predicted octanol–water partition coefficient (Wildman–Crippen LogP) is 1.27. The fourth-order valence-corrected chi connectivity index (χ4v) is 1.49. The van der Waals surface area contributed by atoms with E-state index in [1.165, 1.54) is 6.20 Å². The Morgan fingerprint density at radius 1 is 1.33 bits per heavy atom. The first kappa shape index (κ1) is 7.10. The lowest BCUT2D eigenvalue weighted by atomic mass is 10.1. The number of nitrogens with two attached hydrogens (primary N) is 1. The van der Waals surface area contributed by atoms with E-state index in [0.717, 1.165) is 11.1 Å². The number of rotatable bonds is 0. The van der Waals surface area contributed by atoms with Crippen molar-refractivity contribution in [1.82, 2.24) is 0 Å². The van der Waals surface area contributed by atoms with Crippen molar-refractivity contribution in [2.45, 2.75) is 6.42 Å². The van der Waals surface area contributed by atoms with Crippen molar-refractivity contribution in [3.63, 3.8) is 0 Å². The summed E-state index contributed by atoms with van der Waals surface area (Å²) in [4.78, 5) is 11.5. The lowest BCUT2D eigenvalue weighted by Crippen LogP contribution is -1.97. The number of Topliss-reactive ketones (excluding diaryl/α,β-unsaturated/α-hetero) is 1. The molecular formula is C10H9NO. The van der Waals surface area contributed by atoms with Crippen molar-refractivity contribution < 1.29 is 4.79 Å². The average Bonchev–Trinajstić information content (AvgIpc) is 2.44. The Bertz CT molecular complexity index is 366. The first-order chi connectivity index (χ1) is 5.83.